The summed E-state index contributed by atoms with van der Waals surface area (Å²) >= 11 is 1.48. The van der Waals surface area contributed by atoms with Crippen LogP contribution in [0.2, 0.25) is 0 Å². The number of hydrogen-bond donors (Lipinski definition) is 1. The Kier molecular flexibility index (Phi) is 6.52. The van der Waals surface area contributed by atoms with E-state index < -0.39 is 0 Å². The Hall–Kier alpha value is -1.75. The Morgan fingerprint density at radius 1 is 1.18 bits per heavy atom. The summed E-state index contributed by atoms with van der Waals surface area (Å²) in [6, 6.07) is 9.92. The fourth-order valence-corrected chi connectivity index (χ4v) is 3.13. The van der Waals surface area contributed by atoms with E-state index in [0.717, 1.165) is 42.7 Å². The molecule has 1 N–H and O–H groups in total. The molecule has 4 nitrogen and oxygen atoms in total. The van der Waals surface area contributed by atoms with Gasteiger partial charge in [-0.1, -0.05) is 68.4 Å². The average Bonchev–Trinajstić information content (AvgIpc) is 2.98. The number of nitrogens with one attached hydrogen (secondary N) is 1. The standard InChI is InChI=1S/C17H23N3OS/c1-3-5-12-15-19-20-17(22-15)18-16(21)14(9-4-2)13-10-7-6-8-11-13/h6-8,10-11,14H,3-5,9,12H2,1-2H3,(H,18,20,21). The second kappa shape index (κ2) is 8.63. The van der Waals surface area contributed by atoms with Crippen LogP contribution in [0, 0.1) is 0 Å². The van der Waals surface area contributed by atoms with Crippen molar-refractivity contribution < 1.29 is 4.79 Å². The third-order valence-corrected chi connectivity index (χ3v) is 4.44. The molecule has 0 radical (unpaired) electrons. The van der Waals surface area contributed by atoms with Gasteiger partial charge in [-0.3, -0.25) is 10.1 Å². The van der Waals surface area contributed by atoms with Crippen LogP contribution in [0.1, 0.15) is 56.0 Å². The summed E-state index contributed by atoms with van der Waals surface area (Å²) in [5, 5.41) is 12.7. The van der Waals surface area contributed by atoms with Gasteiger partial charge in [-0.15, -0.1) is 10.2 Å². The number of rotatable bonds is 8. The van der Waals surface area contributed by atoms with E-state index in [1.54, 1.807) is 0 Å². The van der Waals surface area contributed by atoms with Crippen LogP contribution in [0.5, 0.6) is 0 Å². The predicted octanol–water partition coefficient (Wildman–Crippen LogP) is 4.40. The zero-order valence-corrected chi connectivity index (χ0v) is 14.0. The normalized spacial score (nSPS) is 12.1. The van der Waals surface area contributed by atoms with Crippen molar-refractivity contribution >= 4 is 22.4 Å². The van der Waals surface area contributed by atoms with Crippen LogP contribution in [-0.2, 0) is 11.2 Å². The van der Waals surface area contributed by atoms with Gasteiger partial charge in [0.15, 0.2) is 0 Å². The molecule has 22 heavy (non-hydrogen) atoms. The van der Waals surface area contributed by atoms with E-state index in [4.69, 9.17) is 0 Å². The molecule has 5 heteroatoms. The van der Waals surface area contributed by atoms with Crippen molar-refractivity contribution in [3.05, 3.63) is 40.9 Å². The highest BCUT2D eigenvalue weighted by molar-refractivity contribution is 7.15. The quantitative estimate of drug-likeness (QED) is 0.785. The second-order valence-electron chi connectivity index (χ2n) is 5.35. The highest BCUT2D eigenvalue weighted by Crippen LogP contribution is 2.24. The molecule has 1 atom stereocenters. The van der Waals surface area contributed by atoms with Gasteiger partial charge in [0, 0.05) is 6.42 Å². The lowest BCUT2D eigenvalue weighted by atomic mass is 9.94. The van der Waals surface area contributed by atoms with E-state index in [0.29, 0.717) is 5.13 Å². The third-order valence-electron chi connectivity index (χ3n) is 3.54. The molecule has 0 bridgehead atoms. The topological polar surface area (TPSA) is 54.9 Å². The molecule has 2 aromatic rings. The van der Waals surface area contributed by atoms with E-state index in [2.05, 4.69) is 29.4 Å². The Balaban J connectivity index is 2.03. The number of hydrogen-bond acceptors (Lipinski definition) is 4. The molecule has 1 heterocycles. The minimum Gasteiger partial charge on any atom is -0.300 e. The van der Waals surface area contributed by atoms with E-state index in [1.165, 1.54) is 11.3 Å². The third kappa shape index (κ3) is 4.63. The number of carbonyl (C=O) groups excluding carboxylic acids is 1. The largest absolute Gasteiger partial charge is 0.300 e. The lowest BCUT2D eigenvalue weighted by Crippen LogP contribution is -2.21. The van der Waals surface area contributed by atoms with Gasteiger partial charge >= 0.3 is 0 Å². The summed E-state index contributed by atoms with van der Waals surface area (Å²) in [5.41, 5.74) is 1.05. The molecule has 1 aromatic carbocycles. The number of benzene rings is 1. The molecule has 0 spiro atoms. The minimum atomic E-state index is -0.130. The van der Waals surface area contributed by atoms with Crippen molar-refractivity contribution in [2.45, 2.75) is 51.9 Å². The van der Waals surface area contributed by atoms with E-state index >= 15 is 0 Å². The number of amides is 1. The Labute approximate surface area is 136 Å². The van der Waals surface area contributed by atoms with Crippen LogP contribution in [0.15, 0.2) is 30.3 Å². The van der Waals surface area contributed by atoms with Crippen molar-refractivity contribution in [3.8, 4) is 0 Å². The molecule has 0 aliphatic heterocycles. The number of anilines is 1. The summed E-state index contributed by atoms with van der Waals surface area (Å²) in [5.74, 6) is -0.125. The first kappa shape index (κ1) is 16.6. The van der Waals surface area contributed by atoms with Crippen LogP contribution in [0.3, 0.4) is 0 Å². The number of aromatic nitrogens is 2. The van der Waals surface area contributed by atoms with E-state index in [-0.39, 0.29) is 11.8 Å². The first-order valence-electron chi connectivity index (χ1n) is 7.92. The summed E-state index contributed by atoms with van der Waals surface area (Å²) < 4.78 is 0. The fraction of sp³-hybridized carbons (Fsp3) is 0.471. The number of carbonyl (C=O) groups is 1. The van der Waals surface area contributed by atoms with Gasteiger partial charge in [-0.05, 0) is 18.4 Å². The van der Waals surface area contributed by atoms with Gasteiger partial charge in [0.1, 0.15) is 5.01 Å². The first-order valence-corrected chi connectivity index (χ1v) is 8.74. The summed E-state index contributed by atoms with van der Waals surface area (Å²) in [4.78, 5) is 12.6. The zero-order valence-electron chi connectivity index (χ0n) is 13.2. The molecule has 0 aliphatic carbocycles. The van der Waals surface area contributed by atoms with Crippen molar-refractivity contribution in [1.82, 2.24) is 10.2 Å². The molecular formula is C17H23N3OS. The first-order chi connectivity index (χ1) is 10.7. The van der Waals surface area contributed by atoms with Crippen molar-refractivity contribution in [2.24, 2.45) is 0 Å². The lowest BCUT2D eigenvalue weighted by Gasteiger charge is -2.15. The Bertz CT molecular complexity index is 583. The number of aryl methyl sites for hydroxylation is 1. The Morgan fingerprint density at radius 2 is 1.95 bits per heavy atom. The van der Waals surface area contributed by atoms with Crippen LogP contribution in [0.4, 0.5) is 5.13 Å². The molecule has 0 fully saturated rings. The van der Waals surface area contributed by atoms with Gasteiger partial charge in [0.2, 0.25) is 11.0 Å². The van der Waals surface area contributed by atoms with Crippen molar-refractivity contribution in [3.63, 3.8) is 0 Å². The van der Waals surface area contributed by atoms with Crippen LogP contribution in [-0.4, -0.2) is 16.1 Å². The predicted molar refractivity (Wildman–Crippen MR) is 91.2 cm³/mol. The average molecular weight is 317 g/mol. The van der Waals surface area contributed by atoms with Gasteiger partial charge in [0.05, 0.1) is 5.92 Å². The van der Waals surface area contributed by atoms with Crippen molar-refractivity contribution in [1.29, 1.82) is 0 Å². The van der Waals surface area contributed by atoms with Crippen LogP contribution >= 0.6 is 11.3 Å². The van der Waals surface area contributed by atoms with Gasteiger partial charge in [-0.2, -0.15) is 0 Å². The van der Waals surface area contributed by atoms with Crippen LogP contribution < -0.4 is 5.32 Å². The van der Waals surface area contributed by atoms with Crippen LogP contribution in [0.25, 0.3) is 0 Å². The monoisotopic (exact) mass is 317 g/mol. The van der Waals surface area contributed by atoms with E-state index in [1.807, 2.05) is 30.3 Å². The van der Waals surface area contributed by atoms with Gasteiger partial charge in [0.25, 0.3) is 0 Å². The molecular weight excluding hydrogens is 294 g/mol. The maximum atomic E-state index is 12.6. The van der Waals surface area contributed by atoms with Gasteiger partial charge < -0.3 is 0 Å². The molecule has 2 rings (SSSR count). The maximum absolute atomic E-state index is 12.6. The molecule has 118 valence electrons. The molecule has 1 unspecified atom stereocenters. The highest BCUT2D eigenvalue weighted by Gasteiger charge is 2.20. The smallest absolute Gasteiger partial charge is 0.233 e. The molecule has 0 aliphatic rings. The zero-order chi connectivity index (χ0) is 15.8. The summed E-state index contributed by atoms with van der Waals surface area (Å²) in [6.45, 7) is 4.25. The minimum absolute atomic E-state index is 0.00578. The molecule has 0 saturated heterocycles. The lowest BCUT2D eigenvalue weighted by molar-refractivity contribution is -0.117. The molecule has 0 saturated carbocycles. The second-order valence-corrected chi connectivity index (χ2v) is 6.41. The number of unbranched alkanes of at least 4 members (excludes halogenated alkanes) is 1. The summed E-state index contributed by atoms with van der Waals surface area (Å²) in [6.07, 6.45) is 4.96. The summed E-state index contributed by atoms with van der Waals surface area (Å²) in [7, 11) is 0. The van der Waals surface area contributed by atoms with Crippen molar-refractivity contribution in [2.75, 3.05) is 5.32 Å². The Morgan fingerprint density at radius 3 is 2.64 bits per heavy atom. The maximum Gasteiger partial charge on any atom is 0.233 e. The molecule has 1 aromatic heterocycles. The number of nitrogens with zero attached hydrogens (tertiary/aromatic N) is 2. The highest BCUT2D eigenvalue weighted by atomic mass is 32.1. The molecule has 1 amide bonds. The SMILES string of the molecule is CCCCc1nnc(NC(=O)C(CCC)c2ccccc2)s1. The fourth-order valence-electron chi connectivity index (χ4n) is 2.35. The van der Waals surface area contributed by atoms with Gasteiger partial charge in [-0.25, -0.2) is 0 Å². The van der Waals surface area contributed by atoms with E-state index in [9.17, 15) is 4.79 Å².